The molecule has 0 aliphatic rings. The summed E-state index contributed by atoms with van der Waals surface area (Å²) in [5.74, 6) is 1.19. The summed E-state index contributed by atoms with van der Waals surface area (Å²) in [7, 11) is 0. The number of rotatable bonds is 3. The first-order chi connectivity index (χ1) is 10.3. The number of nitrogens with one attached hydrogen (secondary N) is 1. The normalized spacial score (nSPS) is 11.5. The number of aromatic amines is 1. The van der Waals surface area contributed by atoms with Gasteiger partial charge in [-0.05, 0) is 23.8 Å². The minimum absolute atomic E-state index is 0.391. The lowest BCUT2D eigenvalue weighted by Crippen LogP contribution is -1.98. The zero-order chi connectivity index (χ0) is 14.2. The predicted octanol–water partition coefficient (Wildman–Crippen LogP) is 3.70. The van der Waals surface area contributed by atoms with Gasteiger partial charge in [0.2, 0.25) is 0 Å². The zero-order valence-corrected chi connectivity index (χ0v) is 12.0. The lowest BCUT2D eigenvalue weighted by Gasteiger charge is -2.05. The molecule has 0 spiro atoms. The molecule has 4 nitrogen and oxygen atoms in total. The highest BCUT2D eigenvalue weighted by Gasteiger charge is 2.09. The van der Waals surface area contributed by atoms with Gasteiger partial charge in [0.25, 0.3) is 0 Å². The minimum Gasteiger partial charge on any atom is -0.341 e. The Labute approximate surface area is 126 Å². The van der Waals surface area contributed by atoms with Crippen LogP contribution in [0.1, 0.15) is 11.4 Å². The van der Waals surface area contributed by atoms with Crippen molar-refractivity contribution < 1.29 is 0 Å². The van der Waals surface area contributed by atoms with Crippen molar-refractivity contribution in [2.75, 3.05) is 0 Å². The fourth-order valence-electron chi connectivity index (χ4n) is 2.65. The average molecular weight is 297 g/mol. The maximum Gasteiger partial charge on any atom is 0.122 e. The Morgan fingerprint density at radius 2 is 2.00 bits per heavy atom. The molecule has 4 rings (SSSR count). The van der Waals surface area contributed by atoms with Crippen LogP contribution in [0.25, 0.3) is 22.1 Å². The van der Waals surface area contributed by atoms with Gasteiger partial charge in [0.05, 0.1) is 40.8 Å². The molecule has 5 heteroatoms. The van der Waals surface area contributed by atoms with Crippen LogP contribution in [0.3, 0.4) is 0 Å². The van der Waals surface area contributed by atoms with Gasteiger partial charge in [-0.1, -0.05) is 24.3 Å². The second-order valence-corrected chi connectivity index (χ2v) is 5.26. The van der Waals surface area contributed by atoms with E-state index in [1.807, 2.05) is 36.7 Å². The molecule has 0 saturated carbocycles. The molecule has 0 atom stereocenters. The van der Waals surface area contributed by atoms with Gasteiger partial charge in [0.1, 0.15) is 5.82 Å². The van der Waals surface area contributed by atoms with Crippen LogP contribution in [-0.2, 0) is 12.4 Å². The van der Waals surface area contributed by atoms with Crippen molar-refractivity contribution in [2.24, 2.45) is 0 Å². The number of imidazole rings is 2. The van der Waals surface area contributed by atoms with Crippen LogP contribution in [0.5, 0.6) is 0 Å². The van der Waals surface area contributed by atoms with Crippen LogP contribution in [-0.4, -0.2) is 19.5 Å². The van der Waals surface area contributed by atoms with E-state index in [-0.39, 0.29) is 0 Å². The smallest absolute Gasteiger partial charge is 0.122 e. The molecule has 0 aliphatic carbocycles. The fraction of sp³-hybridized carbons (Fsp3) is 0.125. The maximum atomic E-state index is 5.86. The highest BCUT2D eigenvalue weighted by atomic mass is 35.5. The van der Waals surface area contributed by atoms with Gasteiger partial charge >= 0.3 is 0 Å². The van der Waals surface area contributed by atoms with E-state index in [1.165, 1.54) is 0 Å². The summed E-state index contributed by atoms with van der Waals surface area (Å²) in [6.07, 6.45) is 1.87. The van der Waals surface area contributed by atoms with Gasteiger partial charge in [-0.25, -0.2) is 9.97 Å². The quantitative estimate of drug-likeness (QED) is 0.586. The first-order valence-corrected chi connectivity index (χ1v) is 7.31. The Kier molecular flexibility index (Phi) is 2.89. The highest BCUT2D eigenvalue weighted by molar-refractivity contribution is 6.16. The van der Waals surface area contributed by atoms with E-state index in [1.54, 1.807) is 0 Å². The molecule has 2 heterocycles. The summed E-state index contributed by atoms with van der Waals surface area (Å²) in [5, 5.41) is 0. The van der Waals surface area contributed by atoms with E-state index in [2.05, 4.69) is 31.7 Å². The molecular weight excluding hydrogens is 284 g/mol. The van der Waals surface area contributed by atoms with Crippen LogP contribution < -0.4 is 0 Å². The Balaban J connectivity index is 1.82. The van der Waals surface area contributed by atoms with Gasteiger partial charge in [0.15, 0.2) is 0 Å². The standard InChI is InChI=1S/C16H13ClN4/c17-8-15-19-13-6-3-4-11(16(13)20-15)9-21-10-18-12-5-1-2-7-14(12)21/h1-7,10H,8-9H2,(H,19,20). The van der Waals surface area contributed by atoms with Gasteiger partial charge in [0, 0.05) is 0 Å². The Bertz CT molecular complexity index is 922. The molecule has 0 unspecified atom stereocenters. The van der Waals surface area contributed by atoms with Gasteiger partial charge < -0.3 is 9.55 Å². The second-order valence-electron chi connectivity index (χ2n) is 4.99. The van der Waals surface area contributed by atoms with Crippen LogP contribution in [0.15, 0.2) is 48.8 Å². The fourth-order valence-corrected chi connectivity index (χ4v) is 2.78. The second kappa shape index (κ2) is 4.90. The van der Waals surface area contributed by atoms with Crippen molar-refractivity contribution >= 4 is 33.7 Å². The van der Waals surface area contributed by atoms with Crippen LogP contribution >= 0.6 is 11.6 Å². The number of aromatic nitrogens is 4. The van der Waals surface area contributed by atoms with E-state index in [4.69, 9.17) is 11.6 Å². The van der Waals surface area contributed by atoms with Crippen molar-refractivity contribution in [3.8, 4) is 0 Å². The summed E-state index contributed by atoms with van der Waals surface area (Å²) < 4.78 is 2.14. The molecule has 0 amide bonds. The van der Waals surface area contributed by atoms with Crippen molar-refractivity contribution in [1.82, 2.24) is 19.5 Å². The highest BCUT2D eigenvalue weighted by Crippen LogP contribution is 2.20. The van der Waals surface area contributed by atoms with Crippen LogP contribution in [0, 0.1) is 0 Å². The maximum absolute atomic E-state index is 5.86. The molecule has 1 N–H and O–H groups in total. The van der Waals surface area contributed by atoms with Gasteiger partial charge in [-0.2, -0.15) is 0 Å². The summed E-state index contributed by atoms with van der Waals surface area (Å²) >= 11 is 5.86. The largest absolute Gasteiger partial charge is 0.341 e. The van der Waals surface area contributed by atoms with E-state index in [9.17, 15) is 0 Å². The molecule has 0 saturated heterocycles. The third-order valence-corrected chi connectivity index (χ3v) is 3.89. The molecule has 0 aliphatic heterocycles. The van der Waals surface area contributed by atoms with Crippen molar-refractivity contribution in [2.45, 2.75) is 12.4 Å². The number of hydrogen-bond donors (Lipinski definition) is 1. The summed E-state index contributed by atoms with van der Waals surface area (Å²) in [6, 6.07) is 14.3. The number of fused-ring (bicyclic) bond motifs is 2. The van der Waals surface area contributed by atoms with E-state index in [0.29, 0.717) is 5.88 Å². The van der Waals surface area contributed by atoms with Crippen molar-refractivity contribution in [3.05, 3.63) is 60.2 Å². The average Bonchev–Trinajstić information content (AvgIpc) is 3.12. The number of halogens is 1. The number of para-hydroxylation sites is 3. The summed E-state index contributed by atoms with van der Waals surface area (Å²) in [5.41, 5.74) is 5.29. The molecule has 0 bridgehead atoms. The number of H-pyrrole nitrogens is 1. The molecular formula is C16H13ClN4. The van der Waals surface area contributed by atoms with E-state index >= 15 is 0 Å². The molecule has 21 heavy (non-hydrogen) atoms. The zero-order valence-electron chi connectivity index (χ0n) is 11.3. The van der Waals surface area contributed by atoms with Crippen LogP contribution in [0.2, 0.25) is 0 Å². The lowest BCUT2D eigenvalue weighted by atomic mass is 10.2. The molecule has 104 valence electrons. The first kappa shape index (κ1) is 12.4. The minimum atomic E-state index is 0.391. The monoisotopic (exact) mass is 296 g/mol. The lowest BCUT2D eigenvalue weighted by molar-refractivity contribution is 0.828. The molecule has 4 aromatic rings. The summed E-state index contributed by atoms with van der Waals surface area (Å²) in [6.45, 7) is 0.741. The molecule has 0 radical (unpaired) electrons. The molecule has 2 aromatic heterocycles. The van der Waals surface area contributed by atoms with E-state index in [0.717, 1.165) is 40.0 Å². The predicted molar refractivity (Wildman–Crippen MR) is 84.5 cm³/mol. The topological polar surface area (TPSA) is 46.5 Å². The SMILES string of the molecule is ClCc1nc2c(Cn3cnc4ccccc43)cccc2[nH]1. The number of alkyl halides is 1. The Hall–Kier alpha value is -2.33. The molecule has 0 fully saturated rings. The first-order valence-electron chi connectivity index (χ1n) is 6.77. The molecule has 2 aromatic carbocycles. The third kappa shape index (κ3) is 2.08. The van der Waals surface area contributed by atoms with E-state index < -0.39 is 0 Å². The van der Waals surface area contributed by atoms with Crippen LogP contribution in [0.4, 0.5) is 0 Å². The van der Waals surface area contributed by atoms with Gasteiger partial charge in [-0.15, -0.1) is 11.6 Å². The Morgan fingerprint density at radius 3 is 2.90 bits per heavy atom. The summed E-state index contributed by atoms with van der Waals surface area (Å²) in [4.78, 5) is 12.2. The third-order valence-electron chi connectivity index (χ3n) is 3.64. The van der Waals surface area contributed by atoms with Gasteiger partial charge in [-0.3, -0.25) is 0 Å². The number of nitrogens with zero attached hydrogens (tertiary/aromatic N) is 3. The number of hydrogen-bond acceptors (Lipinski definition) is 2. The Morgan fingerprint density at radius 1 is 1.10 bits per heavy atom. The van der Waals surface area contributed by atoms with Crippen molar-refractivity contribution in [1.29, 1.82) is 0 Å². The number of benzene rings is 2. The van der Waals surface area contributed by atoms with Crippen molar-refractivity contribution in [3.63, 3.8) is 0 Å².